The van der Waals surface area contributed by atoms with Crippen LogP contribution in [0.3, 0.4) is 0 Å². The van der Waals surface area contributed by atoms with Crippen LogP contribution in [0.1, 0.15) is 29.5 Å². The molecule has 33 heavy (non-hydrogen) atoms. The van der Waals surface area contributed by atoms with Gasteiger partial charge in [0, 0.05) is 19.2 Å². The van der Waals surface area contributed by atoms with E-state index in [1.165, 1.54) is 0 Å². The Kier molecular flexibility index (Phi) is 5.10. The quantitative estimate of drug-likeness (QED) is 0.511. The van der Waals surface area contributed by atoms with Crippen molar-refractivity contribution in [3.05, 3.63) is 65.2 Å². The maximum Gasteiger partial charge on any atom is 0.157 e. The number of rotatable bonds is 4. The molecule has 2 aromatic carbocycles. The lowest BCUT2D eigenvalue weighted by Gasteiger charge is -2.40. The molecule has 4 aromatic rings. The summed E-state index contributed by atoms with van der Waals surface area (Å²) in [5.74, 6) is 2.31. The highest BCUT2D eigenvalue weighted by Crippen LogP contribution is 2.39. The van der Waals surface area contributed by atoms with Crippen LogP contribution in [0.5, 0.6) is 11.5 Å². The van der Waals surface area contributed by atoms with E-state index in [0.29, 0.717) is 48.6 Å². The lowest BCUT2D eigenvalue weighted by molar-refractivity contribution is 0.0113. The lowest BCUT2D eigenvalue weighted by atomic mass is 9.84. The second kappa shape index (κ2) is 7.98. The van der Waals surface area contributed by atoms with Crippen molar-refractivity contribution in [3.63, 3.8) is 0 Å². The molecule has 1 saturated heterocycles. The highest BCUT2D eigenvalue weighted by atomic mass is 16.5. The molecule has 1 aliphatic heterocycles. The Labute approximate surface area is 192 Å². The normalized spacial score (nSPS) is 15.5. The van der Waals surface area contributed by atoms with Crippen molar-refractivity contribution >= 4 is 22.5 Å². The molecular weight excluding hydrogens is 416 g/mol. The molecule has 0 atom stereocenters. The Hall–Kier alpha value is -3.76. The third-order valence-corrected chi connectivity index (χ3v) is 6.67. The van der Waals surface area contributed by atoms with Crippen molar-refractivity contribution < 1.29 is 14.6 Å². The number of benzene rings is 2. The Balaban J connectivity index is 1.54. The SMILES string of the molecule is COc1cc(OC)cc(C2(O)CCN(c3cc(C)c(C#N)c4nc5ccccc5n34)CC2)c1. The van der Waals surface area contributed by atoms with Gasteiger partial charge in [-0.3, -0.25) is 4.40 Å². The van der Waals surface area contributed by atoms with Crippen molar-refractivity contribution in [1.29, 1.82) is 5.26 Å². The number of aryl methyl sites for hydroxylation is 1. The summed E-state index contributed by atoms with van der Waals surface area (Å²) in [7, 11) is 3.22. The Morgan fingerprint density at radius 1 is 1.03 bits per heavy atom. The number of anilines is 1. The number of piperidine rings is 1. The number of aromatic nitrogens is 2. The number of hydrogen-bond donors (Lipinski definition) is 1. The number of aliphatic hydroxyl groups is 1. The van der Waals surface area contributed by atoms with Crippen LogP contribution >= 0.6 is 0 Å². The summed E-state index contributed by atoms with van der Waals surface area (Å²) in [4.78, 5) is 7.02. The van der Waals surface area contributed by atoms with Crippen LogP contribution in [-0.2, 0) is 5.60 Å². The summed E-state index contributed by atoms with van der Waals surface area (Å²) in [6.07, 6.45) is 1.10. The highest BCUT2D eigenvalue weighted by molar-refractivity contribution is 5.85. The van der Waals surface area contributed by atoms with Crippen LogP contribution in [-0.4, -0.2) is 41.8 Å². The van der Waals surface area contributed by atoms with E-state index in [-0.39, 0.29) is 0 Å². The van der Waals surface area contributed by atoms with Gasteiger partial charge in [-0.25, -0.2) is 4.98 Å². The number of para-hydroxylation sites is 2. The largest absolute Gasteiger partial charge is 0.497 e. The molecule has 0 bridgehead atoms. The van der Waals surface area contributed by atoms with E-state index in [0.717, 1.165) is 28.0 Å². The van der Waals surface area contributed by atoms with Gasteiger partial charge in [-0.15, -0.1) is 0 Å². The summed E-state index contributed by atoms with van der Waals surface area (Å²) < 4.78 is 12.9. The van der Waals surface area contributed by atoms with Gasteiger partial charge in [0.2, 0.25) is 0 Å². The zero-order chi connectivity index (χ0) is 23.2. The van der Waals surface area contributed by atoms with Gasteiger partial charge in [-0.1, -0.05) is 12.1 Å². The topological polar surface area (TPSA) is 83.0 Å². The van der Waals surface area contributed by atoms with E-state index < -0.39 is 5.60 Å². The Morgan fingerprint density at radius 2 is 1.70 bits per heavy atom. The molecule has 5 rings (SSSR count). The number of pyridine rings is 1. The standard InChI is InChI=1S/C26H26N4O3/c1-17-12-24(30-23-7-5-4-6-22(23)28-25(30)21(17)16-27)29-10-8-26(31,9-11-29)18-13-19(32-2)15-20(14-18)33-3/h4-7,12-15,31H,8-11H2,1-3H3. The average molecular weight is 443 g/mol. The molecule has 1 aliphatic rings. The molecule has 0 aliphatic carbocycles. The van der Waals surface area contributed by atoms with Crippen LogP contribution < -0.4 is 14.4 Å². The Morgan fingerprint density at radius 3 is 2.33 bits per heavy atom. The molecule has 168 valence electrons. The molecule has 0 radical (unpaired) electrons. The number of hydrogen-bond acceptors (Lipinski definition) is 6. The minimum absolute atomic E-state index is 0.552. The first-order valence-electron chi connectivity index (χ1n) is 11.0. The molecule has 0 saturated carbocycles. The summed E-state index contributed by atoms with van der Waals surface area (Å²) in [5.41, 5.74) is 3.81. The number of methoxy groups -OCH3 is 2. The van der Waals surface area contributed by atoms with E-state index in [4.69, 9.17) is 14.5 Å². The van der Waals surface area contributed by atoms with Gasteiger partial charge in [0.15, 0.2) is 5.65 Å². The molecule has 1 N–H and O–H groups in total. The molecule has 7 nitrogen and oxygen atoms in total. The van der Waals surface area contributed by atoms with E-state index in [9.17, 15) is 10.4 Å². The summed E-state index contributed by atoms with van der Waals surface area (Å²) in [6.45, 7) is 3.26. The highest BCUT2D eigenvalue weighted by Gasteiger charge is 2.36. The lowest BCUT2D eigenvalue weighted by Crippen LogP contribution is -2.43. The first-order chi connectivity index (χ1) is 16.0. The summed E-state index contributed by atoms with van der Waals surface area (Å²) in [5, 5.41) is 21.3. The van der Waals surface area contributed by atoms with E-state index in [2.05, 4.69) is 21.4 Å². The molecule has 7 heteroatoms. The smallest absolute Gasteiger partial charge is 0.157 e. The van der Waals surface area contributed by atoms with Crippen LogP contribution in [0.15, 0.2) is 48.5 Å². The van der Waals surface area contributed by atoms with Gasteiger partial charge < -0.3 is 19.5 Å². The molecule has 0 unspecified atom stereocenters. The van der Waals surface area contributed by atoms with Crippen LogP contribution in [0.2, 0.25) is 0 Å². The average Bonchev–Trinajstić information content (AvgIpc) is 3.23. The fraction of sp³-hybridized carbons (Fsp3) is 0.308. The Bertz CT molecular complexity index is 1370. The zero-order valence-electron chi connectivity index (χ0n) is 19.0. The number of nitriles is 1. The van der Waals surface area contributed by atoms with Crippen LogP contribution in [0, 0.1) is 18.3 Å². The first-order valence-corrected chi connectivity index (χ1v) is 11.0. The van der Waals surface area contributed by atoms with Crippen molar-refractivity contribution in [3.8, 4) is 17.6 Å². The van der Waals surface area contributed by atoms with Crippen molar-refractivity contribution in [2.24, 2.45) is 0 Å². The molecular formula is C26H26N4O3. The van der Waals surface area contributed by atoms with E-state index >= 15 is 0 Å². The van der Waals surface area contributed by atoms with Crippen molar-refractivity contribution in [2.75, 3.05) is 32.2 Å². The maximum absolute atomic E-state index is 11.5. The minimum Gasteiger partial charge on any atom is -0.497 e. The number of imidazole rings is 1. The van der Waals surface area contributed by atoms with Gasteiger partial charge >= 0.3 is 0 Å². The van der Waals surface area contributed by atoms with Gasteiger partial charge in [0.25, 0.3) is 0 Å². The molecule has 3 heterocycles. The van der Waals surface area contributed by atoms with Gasteiger partial charge in [0.05, 0.1) is 36.4 Å². The van der Waals surface area contributed by atoms with Crippen LogP contribution in [0.25, 0.3) is 16.7 Å². The predicted molar refractivity (Wildman–Crippen MR) is 127 cm³/mol. The monoisotopic (exact) mass is 442 g/mol. The minimum atomic E-state index is -0.976. The number of fused-ring (bicyclic) bond motifs is 3. The first kappa shape index (κ1) is 21.1. The molecule has 0 spiro atoms. The fourth-order valence-corrected chi connectivity index (χ4v) is 4.77. The van der Waals surface area contributed by atoms with E-state index in [1.807, 2.05) is 49.4 Å². The van der Waals surface area contributed by atoms with Crippen LogP contribution in [0.4, 0.5) is 5.82 Å². The summed E-state index contributed by atoms with van der Waals surface area (Å²) in [6, 6.07) is 17.9. The van der Waals surface area contributed by atoms with E-state index in [1.54, 1.807) is 14.2 Å². The second-order valence-corrected chi connectivity index (χ2v) is 8.55. The van der Waals surface area contributed by atoms with Gasteiger partial charge in [0.1, 0.15) is 23.4 Å². The van der Waals surface area contributed by atoms with Crippen molar-refractivity contribution in [1.82, 2.24) is 9.38 Å². The third kappa shape index (κ3) is 3.43. The molecule has 1 fully saturated rings. The molecule has 0 amide bonds. The van der Waals surface area contributed by atoms with Gasteiger partial charge in [-0.05, 0) is 61.2 Å². The van der Waals surface area contributed by atoms with Gasteiger partial charge in [-0.2, -0.15) is 5.26 Å². The second-order valence-electron chi connectivity index (χ2n) is 8.55. The molecule has 2 aromatic heterocycles. The van der Waals surface area contributed by atoms with Crippen molar-refractivity contribution in [2.45, 2.75) is 25.4 Å². The fourth-order valence-electron chi connectivity index (χ4n) is 4.77. The predicted octanol–water partition coefficient (Wildman–Crippen LogP) is 4.17. The number of nitrogens with zero attached hydrogens (tertiary/aromatic N) is 4. The maximum atomic E-state index is 11.5. The third-order valence-electron chi connectivity index (χ3n) is 6.67. The zero-order valence-corrected chi connectivity index (χ0v) is 19.0. The summed E-state index contributed by atoms with van der Waals surface area (Å²) >= 11 is 0. The number of ether oxygens (including phenoxy) is 2.